The molecule has 1 N–H and O–H groups in total. The predicted molar refractivity (Wildman–Crippen MR) is 72.8 cm³/mol. The first-order valence-corrected chi connectivity index (χ1v) is 6.72. The topological polar surface area (TPSA) is 49.8 Å². The van der Waals surface area contributed by atoms with Crippen LogP contribution in [0.25, 0.3) is 0 Å². The van der Waals surface area contributed by atoms with Gasteiger partial charge < -0.3 is 14.7 Å². The van der Waals surface area contributed by atoms with E-state index in [9.17, 15) is 9.90 Å². The Morgan fingerprint density at radius 2 is 2.26 bits per heavy atom. The highest BCUT2D eigenvalue weighted by Crippen LogP contribution is 2.28. The van der Waals surface area contributed by atoms with Crippen molar-refractivity contribution >= 4 is 5.91 Å². The molecule has 1 aromatic rings. The average Bonchev–Trinajstić information content (AvgIpc) is 2.43. The molecule has 2 rings (SSSR count). The van der Waals surface area contributed by atoms with Gasteiger partial charge >= 0.3 is 0 Å². The zero-order chi connectivity index (χ0) is 13.8. The third-order valence-corrected chi connectivity index (χ3v) is 3.48. The summed E-state index contributed by atoms with van der Waals surface area (Å²) in [5.74, 6) is -0.0344. The summed E-state index contributed by atoms with van der Waals surface area (Å²) in [6.07, 6.45) is 0.548. The molecule has 0 aromatic heterocycles. The number of hydrogen-bond acceptors (Lipinski definition) is 3. The van der Waals surface area contributed by atoms with E-state index in [2.05, 4.69) is 0 Å². The van der Waals surface area contributed by atoms with E-state index >= 15 is 0 Å². The van der Waals surface area contributed by atoms with Crippen molar-refractivity contribution < 1.29 is 14.6 Å². The minimum Gasteiger partial charge on any atom is -0.393 e. The number of aliphatic hydroxyl groups is 1. The summed E-state index contributed by atoms with van der Waals surface area (Å²) in [6, 6.07) is 7.93. The molecule has 2 atom stereocenters. The van der Waals surface area contributed by atoms with E-state index in [1.165, 1.54) is 5.56 Å². The quantitative estimate of drug-likeness (QED) is 0.896. The summed E-state index contributed by atoms with van der Waals surface area (Å²) in [5.41, 5.74) is 2.17. The summed E-state index contributed by atoms with van der Waals surface area (Å²) >= 11 is 0. The second-order valence-electron chi connectivity index (χ2n) is 5.10. The minimum atomic E-state index is -0.496. The van der Waals surface area contributed by atoms with Crippen molar-refractivity contribution in [3.8, 4) is 0 Å². The maximum absolute atomic E-state index is 12.4. The smallest absolute Gasteiger partial charge is 0.256 e. The van der Waals surface area contributed by atoms with E-state index in [0.29, 0.717) is 19.6 Å². The van der Waals surface area contributed by atoms with Gasteiger partial charge in [0.2, 0.25) is 0 Å². The standard InChI is InChI=1S/C15H21NO3/c1-11(17)7-9-16(2)15(18)14-13-6-4-3-5-12(13)8-10-19-14/h3-6,11,14,17H,7-10H2,1-2H3. The molecule has 104 valence electrons. The predicted octanol–water partition coefficient (Wildman–Crippen LogP) is 1.53. The molecule has 0 bridgehead atoms. The molecule has 0 fully saturated rings. The van der Waals surface area contributed by atoms with Crippen LogP contribution in [0.5, 0.6) is 0 Å². The normalized spacial score (nSPS) is 19.6. The molecule has 1 aliphatic heterocycles. The van der Waals surface area contributed by atoms with Gasteiger partial charge in [0.05, 0.1) is 12.7 Å². The average molecular weight is 263 g/mol. The Labute approximate surface area is 114 Å². The van der Waals surface area contributed by atoms with Crippen molar-refractivity contribution in [3.63, 3.8) is 0 Å². The van der Waals surface area contributed by atoms with Gasteiger partial charge in [-0.15, -0.1) is 0 Å². The van der Waals surface area contributed by atoms with Gasteiger partial charge in [-0.25, -0.2) is 0 Å². The number of carbonyl (C=O) groups is 1. The molecule has 0 aliphatic carbocycles. The maximum atomic E-state index is 12.4. The lowest BCUT2D eigenvalue weighted by molar-refractivity contribution is -0.144. The second-order valence-corrected chi connectivity index (χ2v) is 5.10. The third-order valence-electron chi connectivity index (χ3n) is 3.48. The number of benzene rings is 1. The highest BCUT2D eigenvalue weighted by atomic mass is 16.5. The van der Waals surface area contributed by atoms with E-state index < -0.39 is 12.2 Å². The zero-order valence-electron chi connectivity index (χ0n) is 11.5. The van der Waals surface area contributed by atoms with E-state index in [1.54, 1.807) is 18.9 Å². The van der Waals surface area contributed by atoms with Crippen LogP contribution in [0.3, 0.4) is 0 Å². The molecule has 4 heteroatoms. The molecule has 19 heavy (non-hydrogen) atoms. The number of aliphatic hydroxyl groups excluding tert-OH is 1. The number of fused-ring (bicyclic) bond motifs is 1. The Balaban J connectivity index is 2.08. The summed E-state index contributed by atoms with van der Waals surface area (Å²) in [7, 11) is 1.76. The first-order valence-electron chi connectivity index (χ1n) is 6.72. The van der Waals surface area contributed by atoms with Gasteiger partial charge in [0.25, 0.3) is 5.91 Å². The number of ether oxygens (including phenoxy) is 1. The van der Waals surface area contributed by atoms with Crippen LogP contribution in [0.15, 0.2) is 24.3 Å². The van der Waals surface area contributed by atoms with Crippen LogP contribution in [-0.4, -0.2) is 42.2 Å². The number of carbonyl (C=O) groups excluding carboxylic acids is 1. The van der Waals surface area contributed by atoms with Gasteiger partial charge in [-0.3, -0.25) is 4.79 Å². The van der Waals surface area contributed by atoms with E-state index in [4.69, 9.17) is 4.74 Å². The highest BCUT2D eigenvalue weighted by Gasteiger charge is 2.29. The summed E-state index contributed by atoms with van der Waals surface area (Å²) in [4.78, 5) is 14.0. The highest BCUT2D eigenvalue weighted by molar-refractivity contribution is 5.82. The summed E-state index contributed by atoms with van der Waals surface area (Å²) < 4.78 is 5.64. The van der Waals surface area contributed by atoms with Crippen molar-refractivity contribution in [3.05, 3.63) is 35.4 Å². The molecule has 0 saturated carbocycles. The van der Waals surface area contributed by atoms with Gasteiger partial charge in [-0.05, 0) is 30.9 Å². The monoisotopic (exact) mass is 263 g/mol. The van der Waals surface area contributed by atoms with Gasteiger partial charge in [0.1, 0.15) is 0 Å². The Kier molecular flexibility index (Phi) is 4.56. The van der Waals surface area contributed by atoms with Crippen molar-refractivity contribution in [1.29, 1.82) is 0 Å². The molecule has 4 nitrogen and oxygen atoms in total. The number of rotatable bonds is 4. The molecule has 1 amide bonds. The fourth-order valence-corrected chi connectivity index (χ4v) is 2.29. The van der Waals surface area contributed by atoms with Gasteiger partial charge in [-0.2, -0.15) is 0 Å². The maximum Gasteiger partial charge on any atom is 0.256 e. The molecule has 2 unspecified atom stereocenters. The molecule has 0 radical (unpaired) electrons. The van der Waals surface area contributed by atoms with Crippen LogP contribution in [0, 0.1) is 0 Å². The Morgan fingerprint density at radius 3 is 3.00 bits per heavy atom. The Hall–Kier alpha value is -1.39. The van der Waals surface area contributed by atoms with Crippen molar-refractivity contribution in [2.75, 3.05) is 20.2 Å². The van der Waals surface area contributed by atoms with Crippen molar-refractivity contribution in [1.82, 2.24) is 4.90 Å². The number of hydrogen-bond donors (Lipinski definition) is 1. The Bertz CT molecular complexity index is 445. The molecular weight excluding hydrogens is 242 g/mol. The third kappa shape index (κ3) is 3.33. The van der Waals surface area contributed by atoms with Crippen LogP contribution in [0.1, 0.15) is 30.6 Å². The molecule has 0 saturated heterocycles. The second kappa shape index (κ2) is 6.17. The fraction of sp³-hybridized carbons (Fsp3) is 0.533. The Morgan fingerprint density at radius 1 is 1.53 bits per heavy atom. The largest absolute Gasteiger partial charge is 0.393 e. The van der Waals surface area contributed by atoms with Crippen LogP contribution in [-0.2, 0) is 16.0 Å². The van der Waals surface area contributed by atoms with Crippen molar-refractivity contribution in [2.24, 2.45) is 0 Å². The summed E-state index contributed by atoms with van der Waals surface area (Å²) in [5, 5.41) is 9.28. The van der Waals surface area contributed by atoms with Crippen LogP contribution < -0.4 is 0 Å². The molecule has 0 spiro atoms. The van der Waals surface area contributed by atoms with E-state index in [-0.39, 0.29) is 5.91 Å². The molecule has 1 aliphatic rings. The molecule has 1 heterocycles. The van der Waals surface area contributed by atoms with Crippen LogP contribution in [0.2, 0.25) is 0 Å². The van der Waals surface area contributed by atoms with Gasteiger partial charge in [-0.1, -0.05) is 24.3 Å². The molecular formula is C15H21NO3. The number of amides is 1. The van der Waals surface area contributed by atoms with Crippen LogP contribution in [0.4, 0.5) is 0 Å². The fourth-order valence-electron chi connectivity index (χ4n) is 2.29. The van der Waals surface area contributed by atoms with E-state index in [0.717, 1.165) is 12.0 Å². The lowest BCUT2D eigenvalue weighted by atomic mass is 9.97. The van der Waals surface area contributed by atoms with Crippen LogP contribution >= 0.6 is 0 Å². The SMILES string of the molecule is CC(O)CCN(C)C(=O)C1OCCc2ccccc21. The first kappa shape index (κ1) is 14.0. The zero-order valence-corrected chi connectivity index (χ0v) is 11.5. The van der Waals surface area contributed by atoms with E-state index in [1.807, 2.05) is 24.3 Å². The first-order chi connectivity index (χ1) is 9.09. The summed E-state index contributed by atoms with van der Waals surface area (Å²) in [6.45, 7) is 2.85. The number of nitrogens with zero attached hydrogens (tertiary/aromatic N) is 1. The lowest BCUT2D eigenvalue weighted by Gasteiger charge is -2.29. The van der Waals surface area contributed by atoms with Gasteiger partial charge in [0.15, 0.2) is 6.10 Å². The molecule has 1 aromatic carbocycles. The minimum absolute atomic E-state index is 0.0344. The van der Waals surface area contributed by atoms with Gasteiger partial charge in [0, 0.05) is 13.6 Å². The van der Waals surface area contributed by atoms with Crippen molar-refractivity contribution in [2.45, 2.75) is 32.0 Å². The lowest BCUT2D eigenvalue weighted by Crippen LogP contribution is -2.36. The number of likely N-dealkylation sites (N-methyl/N-ethyl adjacent to an activating group) is 1.